The maximum Gasteiger partial charge on any atom is 0.228 e. The summed E-state index contributed by atoms with van der Waals surface area (Å²) >= 11 is 11.5. The first-order valence-corrected chi connectivity index (χ1v) is 8.59. The average Bonchev–Trinajstić information content (AvgIpc) is 3.00. The maximum atomic E-state index is 11.7. The van der Waals surface area contributed by atoms with Gasteiger partial charge in [0.2, 0.25) is 5.91 Å². The average molecular weight is 373 g/mol. The monoisotopic (exact) mass is 372 g/mol. The van der Waals surface area contributed by atoms with Crippen LogP contribution in [-0.2, 0) is 4.79 Å². The zero-order valence-corrected chi connectivity index (χ0v) is 15.3. The Morgan fingerprint density at radius 3 is 2.72 bits per heavy atom. The summed E-state index contributed by atoms with van der Waals surface area (Å²) in [5.74, 6) is 0.395. The van der Waals surface area contributed by atoms with E-state index in [1.807, 2.05) is 30.3 Å². The molecule has 1 amide bonds. The van der Waals surface area contributed by atoms with Crippen LogP contribution < -0.4 is 10.6 Å². The van der Waals surface area contributed by atoms with Crippen LogP contribution in [0.15, 0.2) is 42.5 Å². The van der Waals surface area contributed by atoms with Crippen molar-refractivity contribution in [3.63, 3.8) is 0 Å². The van der Waals surface area contributed by atoms with Crippen LogP contribution in [0, 0.1) is 5.92 Å². The van der Waals surface area contributed by atoms with Gasteiger partial charge in [0.05, 0.1) is 16.1 Å². The van der Waals surface area contributed by atoms with E-state index in [9.17, 15) is 4.79 Å². The van der Waals surface area contributed by atoms with Crippen molar-refractivity contribution in [2.24, 2.45) is 5.92 Å². The summed E-state index contributed by atoms with van der Waals surface area (Å²) in [6, 6.07) is 13.2. The Kier molecular flexibility index (Phi) is 5.01. The van der Waals surface area contributed by atoms with E-state index in [1.165, 1.54) is 0 Å². The highest BCUT2D eigenvalue weighted by Gasteiger charge is 2.12. The van der Waals surface area contributed by atoms with Gasteiger partial charge in [-0.25, -0.2) is 4.98 Å². The molecule has 1 aromatic heterocycles. The molecule has 2 aromatic carbocycles. The molecule has 3 N–H and O–H groups in total. The fourth-order valence-corrected chi connectivity index (χ4v) is 2.71. The SMILES string of the molecule is CC(C)C(=O)NC(=S)Nc1ccc(Cl)c(-c2nc3ccccc3[nH]2)c1. The molecule has 0 aliphatic carbocycles. The van der Waals surface area contributed by atoms with Crippen molar-refractivity contribution in [3.8, 4) is 11.4 Å². The highest BCUT2D eigenvalue weighted by Crippen LogP contribution is 2.30. The molecular weight excluding hydrogens is 356 g/mol. The molecule has 0 aliphatic heterocycles. The lowest BCUT2D eigenvalue weighted by Gasteiger charge is -2.12. The number of hydrogen-bond donors (Lipinski definition) is 3. The molecule has 128 valence electrons. The Labute approximate surface area is 155 Å². The molecule has 7 heteroatoms. The smallest absolute Gasteiger partial charge is 0.228 e. The van der Waals surface area contributed by atoms with Gasteiger partial charge in [-0.3, -0.25) is 4.79 Å². The van der Waals surface area contributed by atoms with E-state index in [4.69, 9.17) is 23.8 Å². The van der Waals surface area contributed by atoms with Crippen molar-refractivity contribution >= 4 is 51.6 Å². The lowest BCUT2D eigenvalue weighted by atomic mass is 10.2. The number of carbonyl (C=O) groups excluding carboxylic acids is 1. The number of imidazole rings is 1. The first-order chi connectivity index (χ1) is 11.9. The van der Waals surface area contributed by atoms with Crippen LogP contribution in [0.3, 0.4) is 0 Å². The molecule has 0 bridgehead atoms. The lowest BCUT2D eigenvalue weighted by molar-refractivity contribution is -0.122. The molecule has 0 spiro atoms. The summed E-state index contributed by atoms with van der Waals surface area (Å²) < 4.78 is 0. The topological polar surface area (TPSA) is 69.8 Å². The number of rotatable bonds is 3. The first kappa shape index (κ1) is 17.4. The van der Waals surface area contributed by atoms with E-state index in [-0.39, 0.29) is 16.9 Å². The van der Waals surface area contributed by atoms with Crippen LogP contribution in [0.2, 0.25) is 5.02 Å². The summed E-state index contributed by atoms with van der Waals surface area (Å²) in [5, 5.41) is 6.46. The number of nitrogens with one attached hydrogen (secondary N) is 3. The molecule has 0 saturated carbocycles. The molecule has 0 saturated heterocycles. The quantitative estimate of drug-likeness (QED) is 0.598. The summed E-state index contributed by atoms with van der Waals surface area (Å²) in [7, 11) is 0. The number of H-pyrrole nitrogens is 1. The van der Waals surface area contributed by atoms with E-state index in [1.54, 1.807) is 26.0 Å². The van der Waals surface area contributed by atoms with Gasteiger partial charge in [-0.1, -0.05) is 37.6 Å². The van der Waals surface area contributed by atoms with Crippen LogP contribution >= 0.6 is 23.8 Å². The van der Waals surface area contributed by atoms with E-state index < -0.39 is 0 Å². The second kappa shape index (κ2) is 7.21. The third-order valence-electron chi connectivity index (χ3n) is 3.63. The van der Waals surface area contributed by atoms with Crippen molar-refractivity contribution in [2.45, 2.75) is 13.8 Å². The minimum atomic E-state index is -0.143. The number of para-hydroxylation sites is 2. The predicted octanol–water partition coefficient (Wildman–Crippen LogP) is 4.35. The van der Waals surface area contributed by atoms with Gasteiger partial charge in [0.25, 0.3) is 0 Å². The second-order valence-electron chi connectivity index (χ2n) is 5.90. The summed E-state index contributed by atoms with van der Waals surface area (Å²) in [5.41, 5.74) is 3.27. The number of aromatic amines is 1. The number of nitrogens with zero attached hydrogens (tertiary/aromatic N) is 1. The Morgan fingerprint density at radius 1 is 1.24 bits per heavy atom. The van der Waals surface area contributed by atoms with Crippen LogP contribution in [0.5, 0.6) is 0 Å². The molecule has 0 fully saturated rings. The van der Waals surface area contributed by atoms with Gasteiger partial charge in [0.15, 0.2) is 5.11 Å². The molecule has 1 heterocycles. The lowest BCUT2D eigenvalue weighted by Crippen LogP contribution is -2.36. The third kappa shape index (κ3) is 3.97. The predicted molar refractivity (Wildman–Crippen MR) is 106 cm³/mol. The molecule has 0 aliphatic rings. The van der Waals surface area contributed by atoms with E-state index in [0.29, 0.717) is 16.5 Å². The van der Waals surface area contributed by atoms with Gasteiger partial charge < -0.3 is 15.6 Å². The number of fused-ring (bicyclic) bond motifs is 1. The van der Waals surface area contributed by atoms with Gasteiger partial charge in [-0.05, 0) is 42.5 Å². The Bertz CT molecular complexity index is 918. The second-order valence-corrected chi connectivity index (χ2v) is 6.71. The Morgan fingerprint density at radius 2 is 2.00 bits per heavy atom. The number of hydrogen-bond acceptors (Lipinski definition) is 3. The van der Waals surface area contributed by atoms with E-state index in [2.05, 4.69) is 20.6 Å². The molecule has 3 aromatic rings. The summed E-state index contributed by atoms with van der Waals surface area (Å²) in [4.78, 5) is 19.5. The van der Waals surface area contributed by atoms with Crippen LogP contribution in [0.1, 0.15) is 13.8 Å². The van der Waals surface area contributed by atoms with Gasteiger partial charge in [0, 0.05) is 17.2 Å². The molecule has 3 rings (SSSR count). The third-order valence-corrected chi connectivity index (χ3v) is 4.16. The van der Waals surface area contributed by atoms with Crippen LogP contribution in [0.25, 0.3) is 22.4 Å². The fourth-order valence-electron chi connectivity index (χ4n) is 2.28. The minimum absolute atomic E-state index is 0.135. The van der Waals surface area contributed by atoms with E-state index >= 15 is 0 Å². The summed E-state index contributed by atoms with van der Waals surface area (Å²) in [6.45, 7) is 3.61. The number of thiocarbonyl (C=S) groups is 1. The number of amides is 1. The fraction of sp³-hybridized carbons (Fsp3) is 0.167. The van der Waals surface area contributed by atoms with Crippen LogP contribution in [0.4, 0.5) is 5.69 Å². The number of carbonyl (C=O) groups is 1. The highest BCUT2D eigenvalue weighted by molar-refractivity contribution is 7.80. The Balaban J connectivity index is 1.85. The van der Waals surface area contributed by atoms with Crippen molar-refractivity contribution < 1.29 is 4.79 Å². The molecule has 0 radical (unpaired) electrons. The van der Waals surface area contributed by atoms with Gasteiger partial charge in [0.1, 0.15) is 5.82 Å². The maximum absolute atomic E-state index is 11.7. The number of anilines is 1. The molecule has 0 unspecified atom stereocenters. The minimum Gasteiger partial charge on any atom is -0.338 e. The molecule has 25 heavy (non-hydrogen) atoms. The van der Waals surface area contributed by atoms with Gasteiger partial charge in [-0.2, -0.15) is 0 Å². The standard InChI is InChI=1S/C18H17ClN4OS/c1-10(2)17(24)23-18(25)20-11-7-8-13(19)12(9-11)16-21-14-5-3-4-6-15(14)22-16/h3-10H,1-2H3,(H,21,22)(H2,20,23,24,25). The van der Waals surface area contributed by atoms with Gasteiger partial charge >= 0.3 is 0 Å². The zero-order chi connectivity index (χ0) is 18.0. The Hall–Kier alpha value is -2.44. The van der Waals surface area contributed by atoms with Gasteiger partial charge in [-0.15, -0.1) is 0 Å². The van der Waals surface area contributed by atoms with Crippen LogP contribution in [-0.4, -0.2) is 21.0 Å². The van der Waals surface area contributed by atoms with Crippen molar-refractivity contribution in [3.05, 3.63) is 47.5 Å². The number of benzene rings is 2. The van der Waals surface area contributed by atoms with Crippen molar-refractivity contribution in [1.29, 1.82) is 0 Å². The summed E-state index contributed by atoms with van der Waals surface area (Å²) in [6.07, 6.45) is 0. The highest BCUT2D eigenvalue weighted by atomic mass is 35.5. The molecule has 0 atom stereocenters. The molecular formula is C18H17ClN4OS. The van der Waals surface area contributed by atoms with E-state index in [0.717, 1.165) is 16.6 Å². The molecule has 5 nitrogen and oxygen atoms in total. The normalized spacial score (nSPS) is 10.9. The zero-order valence-electron chi connectivity index (χ0n) is 13.8. The van der Waals surface area contributed by atoms with Crippen molar-refractivity contribution in [2.75, 3.05) is 5.32 Å². The largest absolute Gasteiger partial charge is 0.338 e. The first-order valence-electron chi connectivity index (χ1n) is 7.80. The number of halogens is 1. The van der Waals surface area contributed by atoms with Crippen molar-refractivity contribution in [1.82, 2.24) is 15.3 Å². The number of aromatic nitrogens is 2.